The molecule has 0 aliphatic carbocycles. The quantitative estimate of drug-likeness (QED) is 0.917. The Balaban J connectivity index is 2.39. The number of hydrogen-bond acceptors (Lipinski definition) is 3. The number of benzene rings is 1. The summed E-state index contributed by atoms with van der Waals surface area (Å²) < 4.78 is 44.2. The van der Waals surface area contributed by atoms with Crippen molar-refractivity contribution in [3.05, 3.63) is 23.8 Å². The zero-order valence-electron chi connectivity index (χ0n) is 13.6. The average Bonchev–Trinajstić information content (AvgIpc) is 2.49. The normalized spacial score (nSPS) is 15.5. The molecule has 0 spiro atoms. The van der Waals surface area contributed by atoms with Crippen LogP contribution >= 0.6 is 0 Å². The van der Waals surface area contributed by atoms with Gasteiger partial charge < -0.3 is 15.0 Å². The van der Waals surface area contributed by atoms with Crippen LogP contribution < -0.4 is 15.0 Å². The number of nitrogens with zero attached hydrogens (tertiary/aromatic N) is 1. The molecule has 132 valence electrons. The number of ether oxygens (including phenoxy) is 1. The van der Waals surface area contributed by atoms with E-state index >= 15 is 0 Å². The van der Waals surface area contributed by atoms with Crippen molar-refractivity contribution in [1.29, 1.82) is 0 Å². The van der Waals surface area contributed by atoms with Gasteiger partial charge in [0, 0.05) is 6.92 Å². The lowest BCUT2D eigenvalue weighted by molar-refractivity contribution is -0.137. The van der Waals surface area contributed by atoms with Crippen molar-refractivity contribution in [3.63, 3.8) is 0 Å². The second kappa shape index (κ2) is 6.70. The van der Waals surface area contributed by atoms with E-state index in [2.05, 4.69) is 5.32 Å². The van der Waals surface area contributed by atoms with E-state index < -0.39 is 23.7 Å². The van der Waals surface area contributed by atoms with Gasteiger partial charge in [0.05, 0.1) is 17.8 Å². The first-order valence-corrected chi connectivity index (χ1v) is 7.53. The van der Waals surface area contributed by atoms with Crippen LogP contribution in [0, 0.1) is 5.92 Å². The van der Waals surface area contributed by atoms with Crippen LogP contribution in [0.4, 0.5) is 18.9 Å². The Morgan fingerprint density at radius 2 is 1.96 bits per heavy atom. The Morgan fingerprint density at radius 1 is 1.29 bits per heavy atom. The van der Waals surface area contributed by atoms with Crippen molar-refractivity contribution < 1.29 is 27.5 Å². The Bertz CT molecular complexity index is 644. The predicted molar refractivity (Wildman–Crippen MR) is 81.7 cm³/mol. The van der Waals surface area contributed by atoms with Gasteiger partial charge in [0.25, 0.3) is 0 Å². The van der Waals surface area contributed by atoms with Crippen LogP contribution in [0.5, 0.6) is 5.75 Å². The number of nitrogens with one attached hydrogen (secondary N) is 1. The van der Waals surface area contributed by atoms with Crippen molar-refractivity contribution in [3.8, 4) is 5.75 Å². The molecule has 24 heavy (non-hydrogen) atoms. The van der Waals surface area contributed by atoms with Gasteiger partial charge in [-0.3, -0.25) is 9.59 Å². The zero-order chi connectivity index (χ0) is 18.1. The molecule has 2 rings (SSSR count). The van der Waals surface area contributed by atoms with Crippen molar-refractivity contribution in [2.75, 3.05) is 18.1 Å². The molecule has 0 fully saturated rings. The first-order valence-electron chi connectivity index (χ1n) is 7.53. The van der Waals surface area contributed by atoms with Crippen molar-refractivity contribution in [1.82, 2.24) is 5.32 Å². The Labute approximate surface area is 137 Å². The van der Waals surface area contributed by atoms with E-state index in [-0.39, 0.29) is 36.4 Å². The van der Waals surface area contributed by atoms with E-state index in [1.54, 1.807) is 13.8 Å². The summed E-state index contributed by atoms with van der Waals surface area (Å²) in [5.74, 6) is -0.824. The lowest BCUT2D eigenvalue weighted by Gasteiger charge is -2.34. The Kier molecular flexibility index (Phi) is 5.05. The molecule has 0 saturated heterocycles. The summed E-state index contributed by atoms with van der Waals surface area (Å²) in [4.78, 5) is 25.3. The van der Waals surface area contributed by atoms with Gasteiger partial charge in [-0.05, 0) is 24.1 Å². The molecule has 5 nitrogen and oxygen atoms in total. The van der Waals surface area contributed by atoms with Gasteiger partial charge in [-0.2, -0.15) is 13.2 Å². The van der Waals surface area contributed by atoms with Gasteiger partial charge in [-0.15, -0.1) is 0 Å². The summed E-state index contributed by atoms with van der Waals surface area (Å²) in [7, 11) is 0. The molecular formula is C16H19F3N2O3. The fourth-order valence-corrected chi connectivity index (χ4v) is 2.52. The van der Waals surface area contributed by atoms with Crippen LogP contribution in [-0.2, 0) is 15.8 Å². The smallest absolute Gasteiger partial charge is 0.416 e. The molecule has 1 aromatic carbocycles. The first-order chi connectivity index (χ1) is 11.1. The number of carbonyl (C=O) groups excluding carboxylic acids is 2. The highest BCUT2D eigenvalue weighted by Gasteiger charge is 2.36. The molecule has 0 bridgehead atoms. The van der Waals surface area contributed by atoms with Gasteiger partial charge >= 0.3 is 6.18 Å². The second-order valence-electron chi connectivity index (χ2n) is 5.94. The number of halogens is 3. The SMILES string of the molecule is CC(=O)N[C@H](C(=O)N1CCOc2ccc(C(F)(F)F)cc21)C(C)C. The van der Waals surface area contributed by atoms with Crippen LogP contribution in [0.1, 0.15) is 26.3 Å². The standard InChI is InChI=1S/C16H19F3N2O3/c1-9(2)14(20-10(3)22)15(23)21-6-7-24-13-5-4-11(8-12(13)21)16(17,18)19/h4-5,8-9,14H,6-7H2,1-3H3,(H,20,22)/t14-/m0/s1. The maximum absolute atomic E-state index is 12.9. The molecule has 0 unspecified atom stereocenters. The van der Waals surface area contributed by atoms with Crippen molar-refractivity contribution >= 4 is 17.5 Å². The number of carbonyl (C=O) groups is 2. The summed E-state index contributed by atoms with van der Waals surface area (Å²) in [5.41, 5.74) is -0.790. The maximum Gasteiger partial charge on any atom is 0.416 e. The maximum atomic E-state index is 12.9. The van der Waals surface area contributed by atoms with E-state index in [1.165, 1.54) is 17.9 Å². The van der Waals surface area contributed by atoms with Gasteiger partial charge in [0.2, 0.25) is 11.8 Å². The van der Waals surface area contributed by atoms with Gasteiger partial charge in [0.1, 0.15) is 18.4 Å². The molecular weight excluding hydrogens is 325 g/mol. The lowest BCUT2D eigenvalue weighted by Crippen LogP contribution is -2.52. The van der Waals surface area contributed by atoms with Gasteiger partial charge in [0.15, 0.2) is 0 Å². The number of amides is 2. The molecule has 1 aromatic rings. The van der Waals surface area contributed by atoms with Crippen LogP contribution in [0.2, 0.25) is 0 Å². The van der Waals surface area contributed by atoms with E-state index in [1.807, 2.05) is 0 Å². The molecule has 0 radical (unpaired) electrons. The third-order valence-electron chi connectivity index (χ3n) is 3.71. The molecule has 1 atom stereocenters. The molecule has 8 heteroatoms. The summed E-state index contributed by atoms with van der Waals surface area (Å²) in [6, 6.07) is 2.21. The number of fused-ring (bicyclic) bond motifs is 1. The number of alkyl halides is 3. The lowest BCUT2D eigenvalue weighted by atomic mass is 10.0. The van der Waals surface area contributed by atoms with Crippen molar-refractivity contribution in [2.45, 2.75) is 33.0 Å². The summed E-state index contributed by atoms with van der Waals surface area (Å²) in [6.45, 7) is 5.10. The van der Waals surface area contributed by atoms with E-state index in [0.29, 0.717) is 0 Å². The van der Waals surface area contributed by atoms with E-state index in [4.69, 9.17) is 4.74 Å². The van der Waals surface area contributed by atoms with Crippen LogP contribution in [0.3, 0.4) is 0 Å². The van der Waals surface area contributed by atoms with Crippen LogP contribution in [0.15, 0.2) is 18.2 Å². The van der Waals surface area contributed by atoms with Crippen LogP contribution in [0.25, 0.3) is 0 Å². The minimum Gasteiger partial charge on any atom is -0.490 e. The van der Waals surface area contributed by atoms with E-state index in [0.717, 1.165) is 12.1 Å². The topological polar surface area (TPSA) is 58.6 Å². The third-order valence-corrected chi connectivity index (χ3v) is 3.71. The average molecular weight is 344 g/mol. The third kappa shape index (κ3) is 3.80. The number of anilines is 1. The molecule has 1 aliphatic rings. The summed E-state index contributed by atoms with van der Waals surface area (Å²) in [6.07, 6.45) is -4.52. The number of hydrogen-bond donors (Lipinski definition) is 1. The highest BCUT2D eigenvalue weighted by molar-refractivity contribution is 6.00. The molecule has 0 saturated carbocycles. The molecule has 1 heterocycles. The highest BCUT2D eigenvalue weighted by atomic mass is 19.4. The van der Waals surface area contributed by atoms with Crippen molar-refractivity contribution in [2.24, 2.45) is 5.92 Å². The van der Waals surface area contributed by atoms with Crippen LogP contribution in [-0.4, -0.2) is 31.0 Å². The monoisotopic (exact) mass is 344 g/mol. The molecule has 2 amide bonds. The molecule has 1 N–H and O–H groups in total. The minimum absolute atomic E-state index is 0.0667. The van der Waals surface area contributed by atoms with E-state index in [9.17, 15) is 22.8 Å². The predicted octanol–water partition coefficient (Wildman–Crippen LogP) is 2.59. The van der Waals surface area contributed by atoms with Gasteiger partial charge in [-0.1, -0.05) is 13.8 Å². The molecule has 0 aromatic heterocycles. The molecule has 1 aliphatic heterocycles. The Hall–Kier alpha value is -2.25. The Morgan fingerprint density at radius 3 is 2.50 bits per heavy atom. The zero-order valence-corrected chi connectivity index (χ0v) is 13.6. The second-order valence-corrected chi connectivity index (χ2v) is 5.94. The minimum atomic E-state index is -4.52. The number of rotatable bonds is 3. The van der Waals surface area contributed by atoms with Gasteiger partial charge in [-0.25, -0.2) is 0 Å². The first kappa shape index (κ1) is 18.1. The largest absolute Gasteiger partial charge is 0.490 e. The summed E-state index contributed by atoms with van der Waals surface area (Å²) >= 11 is 0. The highest BCUT2D eigenvalue weighted by Crippen LogP contribution is 2.38. The summed E-state index contributed by atoms with van der Waals surface area (Å²) in [5, 5.41) is 2.56. The fraction of sp³-hybridized carbons (Fsp3) is 0.500. The fourth-order valence-electron chi connectivity index (χ4n) is 2.52.